The first kappa shape index (κ1) is 15.0. The van der Waals surface area contributed by atoms with Crippen LogP contribution in [0.25, 0.3) is 39.1 Å². The van der Waals surface area contributed by atoms with Crippen LogP contribution in [0.2, 0.25) is 0 Å². The molecule has 0 fully saturated rings. The van der Waals surface area contributed by atoms with Gasteiger partial charge in [-0.25, -0.2) is 9.37 Å². The van der Waals surface area contributed by atoms with Crippen LogP contribution < -0.4 is 5.73 Å². The molecule has 5 nitrogen and oxygen atoms in total. The first-order valence-corrected chi connectivity index (χ1v) is 7.60. The molecule has 0 saturated heterocycles. The van der Waals surface area contributed by atoms with E-state index in [-0.39, 0.29) is 5.82 Å². The van der Waals surface area contributed by atoms with Crippen molar-refractivity contribution in [2.75, 3.05) is 0 Å². The van der Waals surface area contributed by atoms with Crippen molar-refractivity contribution in [1.82, 2.24) is 15.0 Å². The number of nitrogens with one attached hydrogen (secondary N) is 1. The zero-order chi connectivity index (χ0) is 17.4. The van der Waals surface area contributed by atoms with Crippen LogP contribution in [0.4, 0.5) is 4.39 Å². The quantitative estimate of drug-likeness (QED) is 0.564. The molecule has 3 N–H and O–H groups in total. The van der Waals surface area contributed by atoms with E-state index < -0.39 is 5.91 Å². The monoisotopic (exact) mass is 332 g/mol. The second-order valence-electron chi connectivity index (χ2n) is 5.66. The van der Waals surface area contributed by atoms with Gasteiger partial charge in [0.1, 0.15) is 11.5 Å². The summed E-state index contributed by atoms with van der Waals surface area (Å²) in [5.74, 6) is -0.821. The number of benzene rings is 1. The molecule has 0 bridgehead atoms. The highest BCUT2D eigenvalue weighted by Crippen LogP contribution is 2.27. The predicted molar refractivity (Wildman–Crippen MR) is 95.0 cm³/mol. The molecule has 1 aromatic carbocycles. The van der Waals surface area contributed by atoms with E-state index in [1.54, 1.807) is 30.7 Å². The van der Waals surface area contributed by atoms with Gasteiger partial charge in [-0.15, -0.1) is 0 Å². The van der Waals surface area contributed by atoms with Crippen LogP contribution in [0.5, 0.6) is 0 Å². The summed E-state index contributed by atoms with van der Waals surface area (Å²) in [6.45, 7) is 0. The van der Waals surface area contributed by atoms with Gasteiger partial charge in [0.25, 0.3) is 0 Å². The number of aromatic nitrogens is 3. The Labute approximate surface area is 142 Å². The molecule has 3 aromatic heterocycles. The Kier molecular flexibility index (Phi) is 3.50. The highest BCUT2D eigenvalue weighted by atomic mass is 19.1. The summed E-state index contributed by atoms with van der Waals surface area (Å²) >= 11 is 0. The normalized spacial score (nSPS) is 11.6. The van der Waals surface area contributed by atoms with E-state index in [1.807, 2.05) is 12.1 Å². The Morgan fingerprint density at radius 2 is 1.92 bits per heavy atom. The maximum Gasteiger partial charge on any atom is 0.241 e. The Balaban J connectivity index is 1.82. The van der Waals surface area contributed by atoms with Crippen LogP contribution in [-0.2, 0) is 4.79 Å². The summed E-state index contributed by atoms with van der Waals surface area (Å²) < 4.78 is 13.3. The number of nitrogens with zero attached hydrogens (tertiary/aromatic N) is 2. The number of carbonyl (C=O) groups excluding carboxylic acids is 1. The van der Waals surface area contributed by atoms with E-state index in [0.29, 0.717) is 11.2 Å². The topological polar surface area (TPSA) is 84.7 Å². The lowest BCUT2D eigenvalue weighted by Crippen LogP contribution is -2.04. The standard InChI is InChI=1S/C19H13FN4O/c20-15-3-1-11-5-13(9-22-17(11)7-15)14-6-16-12(2-4-18(21)25)8-23-19(16)24-10-14/h1-10H,(H2,21,25)(H,23,24). The number of aromatic amines is 1. The average Bonchev–Trinajstić information content (AvgIpc) is 3.01. The highest BCUT2D eigenvalue weighted by molar-refractivity contribution is 5.96. The smallest absolute Gasteiger partial charge is 0.241 e. The minimum Gasteiger partial charge on any atom is -0.366 e. The molecule has 1 amide bonds. The van der Waals surface area contributed by atoms with Gasteiger partial charge in [-0.05, 0) is 30.3 Å². The molecular formula is C19H13FN4O. The number of nitrogens with two attached hydrogens (primary N) is 1. The summed E-state index contributed by atoms with van der Waals surface area (Å²) in [4.78, 5) is 22.7. The number of hydrogen-bond donors (Lipinski definition) is 2. The van der Waals surface area contributed by atoms with Crippen LogP contribution in [-0.4, -0.2) is 20.9 Å². The van der Waals surface area contributed by atoms with E-state index in [1.165, 1.54) is 18.2 Å². The fourth-order valence-corrected chi connectivity index (χ4v) is 2.74. The average molecular weight is 332 g/mol. The van der Waals surface area contributed by atoms with Crippen LogP contribution >= 0.6 is 0 Å². The minimum atomic E-state index is -0.510. The molecule has 0 unspecified atom stereocenters. The van der Waals surface area contributed by atoms with Gasteiger partial charge in [-0.3, -0.25) is 9.78 Å². The third-order valence-electron chi connectivity index (χ3n) is 3.97. The first-order chi connectivity index (χ1) is 12.1. The summed E-state index contributed by atoms with van der Waals surface area (Å²) in [5.41, 5.74) is 9.03. The van der Waals surface area contributed by atoms with Crippen molar-refractivity contribution >= 4 is 33.9 Å². The van der Waals surface area contributed by atoms with E-state index in [4.69, 9.17) is 5.73 Å². The van der Waals surface area contributed by atoms with Crippen molar-refractivity contribution in [2.24, 2.45) is 5.73 Å². The largest absolute Gasteiger partial charge is 0.366 e. The molecule has 4 rings (SSSR count). The zero-order valence-corrected chi connectivity index (χ0v) is 13.0. The van der Waals surface area contributed by atoms with Gasteiger partial charge in [0.15, 0.2) is 0 Å². The minimum absolute atomic E-state index is 0.311. The van der Waals surface area contributed by atoms with E-state index in [0.717, 1.165) is 27.5 Å². The van der Waals surface area contributed by atoms with Crippen molar-refractivity contribution in [2.45, 2.75) is 0 Å². The Bertz CT molecular complexity index is 1150. The van der Waals surface area contributed by atoms with Crippen molar-refractivity contribution in [3.63, 3.8) is 0 Å². The molecule has 25 heavy (non-hydrogen) atoms. The lowest BCUT2D eigenvalue weighted by atomic mass is 10.1. The summed E-state index contributed by atoms with van der Waals surface area (Å²) in [7, 11) is 0. The molecule has 0 aliphatic carbocycles. The highest BCUT2D eigenvalue weighted by Gasteiger charge is 2.07. The molecule has 3 heterocycles. The Hall–Kier alpha value is -3.54. The first-order valence-electron chi connectivity index (χ1n) is 7.60. The number of primary amides is 1. The van der Waals surface area contributed by atoms with E-state index in [9.17, 15) is 9.18 Å². The van der Waals surface area contributed by atoms with E-state index >= 15 is 0 Å². The number of rotatable bonds is 3. The number of halogens is 1. The lowest BCUT2D eigenvalue weighted by Gasteiger charge is -2.04. The predicted octanol–water partition coefficient (Wildman–Crippen LogP) is 3.42. The van der Waals surface area contributed by atoms with Gasteiger partial charge in [-0.1, -0.05) is 0 Å². The second kappa shape index (κ2) is 5.83. The maximum absolute atomic E-state index is 13.3. The SMILES string of the molecule is NC(=O)C=Cc1c[nH]c2ncc(-c3cnc4cc(F)ccc4c3)cc12. The number of H-pyrrole nitrogens is 1. The lowest BCUT2D eigenvalue weighted by molar-refractivity contribution is -0.113. The molecular weight excluding hydrogens is 319 g/mol. The summed E-state index contributed by atoms with van der Waals surface area (Å²) in [6, 6.07) is 8.42. The molecule has 0 radical (unpaired) electrons. The Morgan fingerprint density at radius 1 is 1.12 bits per heavy atom. The van der Waals surface area contributed by atoms with Crippen LogP contribution in [0.15, 0.2) is 55.0 Å². The van der Waals surface area contributed by atoms with Gasteiger partial charge >= 0.3 is 0 Å². The molecule has 0 spiro atoms. The van der Waals surface area contributed by atoms with Crippen molar-refractivity contribution in [1.29, 1.82) is 0 Å². The molecule has 0 aliphatic heterocycles. The van der Waals surface area contributed by atoms with Gasteiger partial charge in [0.2, 0.25) is 5.91 Å². The number of fused-ring (bicyclic) bond motifs is 2. The van der Waals surface area contributed by atoms with Crippen molar-refractivity contribution in [3.05, 3.63) is 66.4 Å². The molecule has 122 valence electrons. The summed E-state index contributed by atoms with van der Waals surface area (Å²) in [5, 5.41) is 1.72. The number of pyridine rings is 2. The third-order valence-corrected chi connectivity index (χ3v) is 3.97. The molecule has 0 saturated carbocycles. The van der Waals surface area contributed by atoms with Crippen LogP contribution in [0.3, 0.4) is 0 Å². The van der Waals surface area contributed by atoms with Crippen molar-refractivity contribution < 1.29 is 9.18 Å². The third kappa shape index (κ3) is 2.85. The fraction of sp³-hybridized carbons (Fsp3) is 0. The van der Waals surface area contributed by atoms with Gasteiger partial charge < -0.3 is 10.7 Å². The molecule has 4 aromatic rings. The second-order valence-corrected chi connectivity index (χ2v) is 5.66. The number of hydrogen-bond acceptors (Lipinski definition) is 3. The van der Waals surface area contributed by atoms with E-state index in [2.05, 4.69) is 15.0 Å². The maximum atomic E-state index is 13.3. The zero-order valence-electron chi connectivity index (χ0n) is 13.0. The number of amides is 1. The number of carbonyl (C=O) groups is 1. The van der Waals surface area contributed by atoms with Gasteiger partial charge in [0, 0.05) is 58.2 Å². The Morgan fingerprint density at radius 3 is 2.76 bits per heavy atom. The van der Waals surface area contributed by atoms with Crippen molar-refractivity contribution in [3.8, 4) is 11.1 Å². The molecule has 6 heteroatoms. The van der Waals surface area contributed by atoms with Gasteiger partial charge in [0.05, 0.1) is 5.52 Å². The van der Waals surface area contributed by atoms with Gasteiger partial charge in [-0.2, -0.15) is 0 Å². The fourth-order valence-electron chi connectivity index (χ4n) is 2.74. The van der Waals surface area contributed by atoms with Crippen LogP contribution in [0, 0.1) is 5.82 Å². The molecule has 0 atom stereocenters. The summed E-state index contributed by atoms with van der Waals surface area (Å²) in [6.07, 6.45) is 8.15. The molecule has 0 aliphatic rings. The van der Waals surface area contributed by atoms with Crippen LogP contribution in [0.1, 0.15) is 5.56 Å².